The minimum atomic E-state index is -3.44. The van der Waals surface area contributed by atoms with Crippen LogP contribution in [0.2, 0.25) is 0 Å². The van der Waals surface area contributed by atoms with E-state index in [0.717, 1.165) is 5.01 Å². The Morgan fingerprint density at radius 2 is 1.94 bits per heavy atom. The number of sulfonamides is 1. The Hall–Kier alpha value is -2.54. The van der Waals surface area contributed by atoms with E-state index < -0.39 is 10.0 Å². The van der Waals surface area contributed by atoms with Crippen molar-refractivity contribution in [1.82, 2.24) is 14.5 Å². The number of carbonyl (C=O) groups excluding carboxylic acids is 1. The van der Waals surface area contributed by atoms with E-state index in [4.69, 9.17) is 9.47 Å². The molecule has 162 valence electrons. The van der Waals surface area contributed by atoms with Gasteiger partial charge in [-0.25, -0.2) is 8.42 Å². The van der Waals surface area contributed by atoms with E-state index >= 15 is 0 Å². The van der Waals surface area contributed by atoms with Gasteiger partial charge >= 0.3 is 0 Å². The van der Waals surface area contributed by atoms with Crippen molar-refractivity contribution in [2.45, 2.75) is 23.0 Å². The van der Waals surface area contributed by atoms with Gasteiger partial charge in [-0.3, -0.25) is 4.79 Å². The number of nitrogens with zero attached hydrogens (tertiary/aromatic N) is 3. The fourth-order valence-corrected chi connectivity index (χ4v) is 7.05. The lowest BCUT2D eigenvalue weighted by molar-refractivity contribution is 0.102. The molecule has 31 heavy (non-hydrogen) atoms. The predicted octanol–water partition coefficient (Wildman–Crippen LogP) is 3.15. The largest absolute Gasteiger partial charge is 0.454 e. The van der Waals surface area contributed by atoms with Crippen LogP contribution in [0.25, 0.3) is 0 Å². The summed E-state index contributed by atoms with van der Waals surface area (Å²) in [6.07, 6.45) is 1.28. The van der Waals surface area contributed by atoms with Crippen molar-refractivity contribution in [2.75, 3.05) is 25.2 Å². The summed E-state index contributed by atoms with van der Waals surface area (Å²) >= 11 is 2.47. The maximum Gasteiger partial charge on any atom is 0.286 e. The number of hydrogen-bond donors (Lipinski definition) is 1. The molecule has 2 aliphatic rings. The minimum absolute atomic E-state index is 0.0828. The van der Waals surface area contributed by atoms with E-state index in [0.29, 0.717) is 47.3 Å². The molecule has 0 spiro atoms. The second-order valence-corrected chi connectivity index (χ2v) is 11.2. The van der Waals surface area contributed by atoms with Crippen molar-refractivity contribution >= 4 is 44.3 Å². The Morgan fingerprint density at radius 3 is 2.71 bits per heavy atom. The average Bonchev–Trinajstić information content (AvgIpc) is 3.55. The SMILES string of the molecule is O=C(Nc1ccc2c(c1)OCO2)c1nnc(C2CCN(S(=O)(=O)c3cccs3)CC2)s1. The number of amides is 1. The van der Waals surface area contributed by atoms with Gasteiger partial charge < -0.3 is 14.8 Å². The number of ether oxygens (including phenoxy) is 2. The predicted molar refractivity (Wildman–Crippen MR) is 115 cm³/mol. The molecule has 1 saturated heterocycles. The molecule has 0 saturated carbocycles. The van der Waals surface area contributed by atoms with Crippen molar-refractivity contribution in [3.8, 4) is 11.5 Å². The summed E-state index contributed by atoms with van der Waals surface area (Å²) in [4.78, 5) is 12.6. The average molecular weight is 479 g/mol. The number of carbonyl (C=O) groups is 1. The molecular formula is C19H18N4O5S3. The summed E-state index contributed by atoms with van der Waals surface area (Å²) in [6.45, 7) is 1.01. The van der Waals surface area contributed by atoms with Gasteiger partial charge in [0, 0.05) is 30.8 Å². The van der Waals surface area contributed by atoms with Gasteiger partial charge in [-0.15, -0.1) is 21.5 Å². The Labute approximate surface area is 186 Å². The Balaban J connectivity index is 1.21. The number of nitrogens with one attached hydrogen (secondary N) is 1. The van der Waals surface area contributed by atoms with E-state index in [1.54, 1.807) is 35.7 Å². The number of rotatable bonds is 5. The van der Waals surface area contributed by atoms with Crippen LogP contribution in [0.5, 0.6) is 11.5 Å². The first kappa shape index (κ1) is 20.4. The maximum absolute atomic E-state index is 12.7. The van der Waals surface area contributed by atoms with Crippen LogP contribution in [0, 0.1) is 0 Å². The summed E-state index contributed by atoms with van der Waals surface area (Å²) in [7, 11) is -3.44. The summed E-state index contributed by atoms with van der Waals surface area (Å²) in [5.74, 6) is 0.961. The summed E-state index contributed by atoms with van der Waals surface area (Å²) in [5, 5.41) is 13.8. The molecule has 0 bridgehead atoms. The quantitative estimate of drug-likeness (QED) is 0.600. The molecule has 1 fully saturated rings. The lowest BCUT2D eigenvalue weighted by Gasteiger charge is -2.29. The first-order valence-electron chi connectivity index (χ1n) is 9.59. The van der Waals surface area contributed by atoms with E-state index in [1.165, 1.54) is 27.0 Å². The standard InChI is InChI=1S/C19H18N4O5S3/c24-17(20-13-3-4-14-15(10-13)28-11-27-14)19-22-21-18(30-19)12-5-7-23(8-6-12)31(25,26)16-2-1-9-29-16/h1-4,9-10,12H,5-8,11H2,(H,20,24). The third-order valence-corrected chi connectivity index (χ3v) is 9.51. The van der Waals surface area contributed by atoms with Gasteiger partial charge in [0.15, 0.2) is 11.5 Å². The number of hydrogen-bond acceptors (Lipinski definition) is 9. The van der Waals surface area contributed by atoms with Crippen LogP contribution in [-0.4, -0.2) is 48.7 Å². The number of benzene rings is 1. The highest BCUT2D eigenvalue weighted by Gasteiger charge is 2.32. The fraction of sp³-hybridized carbons (Fsp3) is 0.316. The molecule has 0 aliphatic carbocycles. The Bertz CT molecular complexity index is 1200. The van der Waals surface area contributed by atoms with Crippen molar-refractivity contribution < 1.29 is 22.7 Å². The van der Waals surface area contributed by atoms with Crippen LogP contribution in [0.1, 0.15) is 33.6 Å². The highest BCUT2D eigenvalue weighted by atomic mass is 32.2. The highest BCUT2D eigenvalue weighted by Crippen LogP contribution is 2.35. The van der Waals surface area contributed by atoms with Gasteiger partial charge in [0.1, 0.15) is 9.22 Å². The van der Waals surface area contributed by atoms with Crippen molar-refractivity contribution in [2.24, 2.45) is 0 Å². The molecule has 0 radical (unpaired) electrons. The lowest BCUT2D eigenvalue weighted by Crippen LogP contribution is -2.37. The summed E-state index contributed by atoms with van der Waals surface area (Å²) in [6, 6.07) is 8.54. The maximum atomic E-state index is 12.7. The van der Waals surface area contributed by atoms with Crippen LogP contribution in [0.4, 0.5) is 5.69 Å². The number of piperidine rings is 1. The van der Waals surface area contributed by atoms with Crippen molar-refractivity contribution in [3.05, 3.63) is 45.7 Å². The van der Waals surface area contributed by atoms with Crippen molar-refractivity contribution in [1.29, 1.82) is 0 Å². The number of anilines is 1. The molecule has 12 heteroatoms. The molecule has 2 aliphatic heterocycles. The molecular weight excluding hydrogens is 460 g/mol. The van der Waals surface area contributed by atoms with Crippen LogP contribution in [0.3, 0.4) is 0 Å². The van der Waals surface area contributed by atoms with Gasteiger partial charge in [0.2, 0.25) is 11.8 Å². The normalized spacial score (nSPS) is 17.0. The Kier molecular flexibility index (Phi) is 5.38. The van der Waals surface area contributed by atoms with E-state index in [9.17, 15) is 13.2 Å². The summed E-state index contributed by atoms with van der Waals surface area (Å²) in [5.41, 5.74) is 0.582. The molecule has 1 aromatic carbocycles. The third kappa shape index (κ3) is 4.03. The molecule has 9 nitrogen and oxygen atoms in total. The zero-order chi connectivity index (χ0) is 21.4. The topological polar surface area (TPSA) is 111 Å². The van der Waals surface area contributed by atoms with Gasteiger partial charge in [0.05, 0.1) is 0 Å². The van der Waals surface area contributed by atoms with Crippen LogP contribution >= 0.6 is 22.7 Å². The van der Waals surface area contributed by atoms with Crippen LogP contribution < -0.4 is 14.8 Å². The number of fused-ring (bicyclic) bond motifs is 1. The van der Waals surface area contributed by atoms with Gasteiger partial charge in [-0.2, -0.15) is 4.31 Å². The molecule has 2 aromatic heterocycles. The van der Waals surface area contributed by atoms with E-state index in [1.807, 2.05) is 0 Å². The van der Waals surface area contributed by atoms with Crippen LogP contribution in [-0.2, 0) is 10.0 Å². The monoisotopic (exact) mass is 478 g/mol. The van der Waals surface area contributed by atoms with Crippen LogP contribution in [0.15, 0.2) is 39.9 Å². The molecule has 1 N–H and O–H groups in total. The molecule has 4 heterocycles. The first-order chi connectivity index (χ1) is 15.0. The number of aromatic nitrogens is 2. The first-order valence-corrected chi connectivity index (χ1v) is 12.7. The number of thiophene rings is 1. The van der Waals surface area contributed by atoms with E-state index in [2.05, 4.69) is 15.5 Å². The van der Waals surface area contributed by atoms with E-state index in [-0.39, 0.29) is 23.6 Å². The van der Waals surface area contributed by atoms with Gasteiger partial charge in [0.25, 0.3) is 15.9 Å². The fourth-order valence-electron chi connectivity index (χ4n) is 3.53. The zero-order valence-corrected chi connectivity index (χ0v) is 18.6. The van der Waals surface area contributed by atoms with Gasteiger partial charge in [-0.1, -0.05) is 17.4 Å². The molecule has 0 unspecified atom stereocenters. The highest BCUT2D eigenvalue weighted by molar-refractivity contribution is 7.91. The lowest BCUT2D eigenvalue weighted by atomic mass is 9.99. The minimum Gasteiger partial charge on any atom is -0.454 e. The second kappa shape index (κ2) is 8.19. The summed E-state index contributed by atoms with van der Waals surface area (Å²) < 4.78 is 37.8. The Morgan fingerprint density at radius 1 is 1.13 bits per heavy atom. The van der Waals surface area contributed by atoms with Gasteiger partial charge in [-0.05, 0) is 36.4 Å². The molecule has 0 atom stereocenters. The smallest absolute Gasteiger partial charge is 0.286 e. The zero-order valence-electron chi connectivity index (χ0n) is 16.2. The third-order valence-electron chi connectivity index (χ3n) is 5.16. The molecule has 1 amide bonds. The molecule has 5 rings (SSSR count). The molecule has 3 aromatic rings. The second-order valence-electron chi connectivity index (χ2n) is 7.08. The van der Waals surface area contributed by atoms with Crippen molar-refractivity contribution in [3.63, 3.8) is 0 Å².